The highest BCUT2D eigenvalue weighted by molar-refractivity contribution is 6.33. The van der Waals surface area contributed by atoms with Crippen LogP contribution in [0.15, 0.2) is 58.6 Å². The van der Waals surface area contributed by atoms with Crippen LogP contribution in [0.3, 0.4) is 0 Å². The Hall–Kier alpha value is -3.39. The van der Waals surface area contributed by atoms with Gasteiger partial charge in [-0.2, -0.15) is 5.10 Å². The Morgan fingerprint density at radius 2 is 2.00 bits per heavy atom. The molecule has 0 saturated heterocycles. The fourth-order valence-electron chi connectivity index (χ4n) is 2.34. The van der Waals surface area contributed by atoms with Crippen LogP contribution in [0.2, 0.25) is 5.02 Å². The van der Waals surface area contributed by atoms with Crippen LogP contribution < -0.4 is 16.1 Å². The molecule has 0 aromatic heterocycles. The Kier molecular flexibility index (Phi) is 5.68. The molecule has 0 aliphatic carbocycles. The summed E-state index contributed by atoms with van der Waals surface area (Å²) in [6, 6.07) is 12.6. The second-order valence-electron chi connectivity index (χ2n) is 5.64. The zero-order valence-electron chi connectivity index (χ0n) is 14.0. The number of amides is 2. The van der Waals surface area contributed by atoms with Gasteiger partial charge in [-0.15, -0.1) is 0 Å². The Morgan fingerprint density at radius 3 is 2.78 bits per heavy atom. The van der Waals surface area contributed by atoms with Gasteiger partial charge in [0.05, 0.1) is 23.3 Å². The number of phenols is 1. The standard InChI is InChI=1S/C18H16ClN5O3/c19-12-6-2-3-7-13(12)21-16(26)9-14-17(27)23-18(22-14)24-20-10-11-5-1-4-8-15(11)25/h1-8,10,14,25H,9H2,(H,21,26)(H2,22,23,24,27)/b20-10-/t14-/m1/s1. The van der Waals surface area contributed by atoms with Gasteiger partial charge in [-0.3, -0.25) is 14.9 Å². The minimum Gasteiger partial charge on any atom is -0.507 e. The second kappa shape index (κ2) is 8.33. The van der Waals surface area contributed by atoms with E-state index < -0.39 is 11.9 Å². The van der Waals surface area contributed by atoms with Gasteiger partial charge < -0.3 is 10.4 Å². The number of aliphatic imine (C=N–C) groups is 1. The van der Waals surface area contributed by atoms with Gasteiger partial charge in [0.1, 0.15) is 11.8 Å². The zero-order chi connectivity index (χ0) is 19.2. The average molecular weight is 386 g/mol. The molecule has 138 valence electrons. The van der Waals surface area contributed by atoms with Gasteiger partial charge in [0, 0.05) is 5.56 Å². The van der Waals surface area contributed by atoms with Crippen LogP contribution in [0.1, 0.15) is 12.0 Å². The maximum atomic E-state index is 12.1. The van der Waals surface area contributed by atoms with Crippen molar-refractivity contribution in [1.29, 1.82) is 0 Å². The lowest BCUT2D eigenvalue weighted by Crippen LogP contribution is -2.35. The average Bonchev–Trinajstić information content (AvgIpc) is 2.98. The third-order valence-electron chi connectivity index (χ3n) is 3.67. The third-order valence-corrected chi connectivity index (χ3v) is 4.00. The van der Waals surface area contributed by atoms with Crippen LogP contribution in [-0.2, 0) is 9.59 Å². The number of hydrogen-bond acceptors (Lipinski definition) is 6. The molecular weight excluding hydrogens is 370 g/mol. The van der Waals surface area contributed by atoms with Gasteiger partial charge >= 0.3 is 0 Å². The van der Waals surface area contributed by atoms with Crippen molar-refractivity contribution < 1.29 is 14.7 Å². The zero-order valence-corrected chi connectivity index (χ0v) is 14.8. The first-order valence-corrected chi connectivity index (χ1v) is 8.41. The summed E-state index contributed by atoms with van der Waals surface area (Å²) in [7, 11) is 0. The number of hydrogen-bond donors (Lipinski definition) is 4. The van der Waals surface area contributed by atoms with E-state index in [1.165, 1.54) is 12.3 Å². The Labute approximate surface area is 160 Å². The summed E-state index contributed by atoms with van der Waals surface area (Å²) in [6.45, 7) is 0. The topological polar surface area (TPSA) is 115 Å². The van der Waals surface area contributed by atoms with Gasteiger partial charge in [-0.1, -0.05) is 35.9 Å². The molecule has 1 atom stereocenters. The molecule has 0 bridgehead atoms. The van der Waals surface area contributed by atoms with E-state index in [2.05, 4.69) is 26.2 Å². The number of nitrogens with zero attached hydrogens (tertiary/aromatic N) is 2. The van der Waals surface area contributed by atoms with Crippen molar-refractivity contribution in [3.63, 3.8) is 0 Å². The Bertz CT molecular complexity index is 929. The van der Waals surface area contributed by atoms with Crippen molar-refractivity contribution in [2.24, 2.45) is 10.1 Å². The maximum absolute atomic E-state index is 12.1. The lowest BCUT2D eigenvalue weighted by molar-refractivity contribution is -0.123. The summed E-state index contributed by atoms with van der Waals surface area (Å²) < 4.78 is 0. The van der Waals surface area contributed by atoms with Crippen LogP contribution in [0.25, 0.3) is 0 Å². The fraction of sp³-hybridized carbons (Fsp3) is 0.111. The number of benzene rings is 2. The third kappa shape index (κ3) is 4.83. The van der Waals surface area contributed by atoms with E-state index >= 15 is 0 Å². The minimum atomic E-state index is -0.865. The molecule has 8 nitrogen and oxygen atoms in total. The molecule has 2 aromatic rings. The summed E-state index contributed by atoms with van der Waals surface area (Å²) in [5.74, 6) is -0.590. The largest absolute Gasteiger partial charge is 0.507 e. The van der Waals surface area contributed by atoms with Crippen molar-refractivity contribution in [1.82, 2.24) is 10.7 Å². The molecule has 0 radical (unpaired) electrons. The smallest absolute Gasteiger partial charge is 0.252 e. The first-order chi connectivity index (χ1) is 13.0. The number of carbonyl (C=O) groups excluding carboxylic acids is 2. The van der Waals surface area contributed by atoms with Gasteiger partial charge in [0.2, 0.25) is 11.9 Å². The van der Waals surface area contributed by atoms with Gasteiger partial charge in [-0.05, 0) is 24.3 Å². The monoisotopic (exact) mass is 385 g/mol. The van der Waals surface area contributed by atoms with Gasteiger partial charge in [0.15, 0.2) is 0 Å². The van der Waals surface area contributed by atoms with Crippen molar-refractivity contribution in [3.8, 4) is 5.75 Å². The van der Waals surface area contributed by atoms with Crippen LogP contribution in [-0.4, -0.2) is 35.1 Å². The van der Waals surface area contributed by atoms with E-state index in [1.807, 2.05) is 0 Å². The molecule has 9 heteroatoms. The predicted octanol–water partition coefficient (Wildman–Crippen LogP) is 1.85. The first kappa shape index (κ1) is 18.4. The van der Waals surface area contributed by atoms with Crippen LogP contribution in [0.5, 0.6) is 5.75 Å². The molecule has 1 aliphatic rings. The highest BCUT2D eigenvalue weighted by atomic mass is 35.5. The quantitative estimate of drug-likeness (QED) is 0.464. The van der Waals surface area contributed by atoms with Crippen molar-refractivity contribution in [2.45, 2.75) is 12.5 Å². The first-order valence-electron chi connectivity index (χ1n) is 8.03. The maximum Gasteiger partial charge on any atom is 0.252 e. The van der Waals surface area contributed by atoms with Crippen molar-refractivity contribution in [2.75, 3.05) is 5.32 Å². The second-order valence-corrected chi connectivity index (χ2v) is 6.05. The summed E-state index contributed by atoms with van der Waals surface area (Å²) in [5, 5.41) is 19.1. The molecular formula is C18H16ClN5O3. The molecule has 4 N–H and O–H groups in total. The van der Waals surface area contributed by atoms with Crippen LogP contribution >= 0.6 is 11.6 Å². The van der Waals surface area contributed by atoms with E-state index in [4.69, 9.17) is 11.6 Å². The number of aromatic hydroxyl groups is 1. The molecule has 3 rings (SSSR count). The molecule has 2 amide bonds. The minimum absolute atomic E-state index is 0.0783. The van der Waals surface area contributed by atoms with Crippen LogP contribution in [0, 0.1) is 0 Å². The number of carbonyl (C=O) groups is 2. The summed E-state index contributed by atoms with van der Waals surface area (Å²) in [4.78, 5) is 28.2. The molecule has 0 saturated carbocycles. The van der Waals surface area contributed by atoms with Crippen molar-refractivity contribution >= 4 is 41.3 Å². The van der Waals surface area contributed by atoms with E-state index in [1.54, 1.807) is 42.5 Å². The fourth-order valence-corrected chi connectivity index (χ4v) is 2.52. The summed E-state index contributed by atoms with van der Waals surface area (Å²) >= 11 is 5.99. The molecule has 27 heavy (non-hydrogen) atoms. The Balaban J connectivity index is 1.57. The van der Waals surface area contributed by atoms with Gasteiger partial charge in [-0.25, -0.2) is 10.4 Å². The van der Waals surface area contributed by atoms with E-state index in [0.29, 0.717) is 16.3 Å². The number of anilines is 1. The number of halogens is 1. The van der Waals surface area contributed by atoms with E-state index in [0.717, 1.165) is 0 Å². The highest BCUT2D eigenvalue weighted by Crippen LogP contribution is 2.21. The highest BCUT2D eigenvalue weighted by Gasteiger charge is 2.28. The summed E-state index contributed by atoms with van der Waals surface area (Å²) in [6.07, 6.45) is 1.26. The predicted molar refractivity (Wildman–Crippen MR) is 103 cm³/mol. The number of rotatable bonds is 5. The SMILES string of the molecule is O=C(C[C@H]1N=C(N/N=C\c2ccccc2O)NC1=O)Nc1ccccc1Cl. The van der Waals surface area contributed by atoms with E-state index in [-0.39, 0.29) is 24.0 Å². The van der Waals surface area contributed by atoms with Gasteiger partial charge in [0.25, 0.3) is 5.91 Å². The van der Waals surface area contributed by atoms with Crippen molar-refractivity contribution in [3.05, 3.63) is 59.1 Å². The number of guanidine groups is 1. The summed E-state index contributed by atoms with van der Waals surface area (Å²) in [5.41, 5.74) is 3.55. The lowest BCUT2D eigenvalue weighted by Gasteiger charge is -2.08. The molecule has 1 heterocycles. The Morgan fingerprint density at radius 1 is 1.26 bits per heavy atom. The molecule has 0 fully saturated rings. The number of phenolic OH excluding ortho intramolecular Hbond substituents is 1. The molecule has 0 unspecified atom stereocenters. The normalized spacial score (nSPS) is 16.1. The lowest BCUT2D eigenvalue weighted by atomic mass is 10.2. The van der Waals surface area contributed by atoms with Crippen LogP contribution in [0.4, 0.5) is 5.69 Å². The number of nitrogens with one attached hydrogen (secondary N) is 3. The number of hydrazone groups is 1. The molecule has 1 aliphatic heterocycles. The molecule has 0 spiro atoms. The molecule has 2 aromatic carbocycles. The van der Waals surface area contributed by atoms with E-state index in [9.17, 15) is 14.7 Å². The number of para-hydroxylation sites is 2.